The van der Waals surface area contributed by atoms with Gasteiger partial charge in [0.2, 0.25) is 0 Å². The van der Waals surface area contributed by atoms with Gasteiger partial charge in [0.1, 0.15) is 12.7 Å². The van der Waals surface area contributed by atoms with E-state index >= 15 is 0 Å². The highest BCUT2D eigenvalue weighted by Crippen LogP contribution is 2.29. The summed E-state index contributed by atoms with van der Waals surface area (Å²) in [7, 11) is 0. The molecule has 0 saturated heterocycles. The number of hydrogen-bond donors (Lipinski definition) is 2. The van der Waals surface area contributed by atoms with Gasteiger partial charge in [0, 0.05) is 17.8 Å². The molecule has 1 aliphatic rings. The van der Waals surface area contributed by atoms with Crippen molar-refractivity contribution in [2.45, 2.75) is 43.6 Å². The number of hydrogen-bond acceptors (Lipinski definition) is 4. The lowest BCUT2D eigenvalue weighted by Crippen LogP contribution is -2.41. The number of rotatable bonds is 8. The molecule has 0 heterocycles. The number of benzene rings is 1. The van der Waals surface area contributed by atoms with E-state index in [4.69, 9.17) is 4.74 Å². The van der Waals surface area contributed by atoms with Crippen LogP contribution in [0.15, 0.2) is 24.3 Å². The second-order valence-corrected chi connectivity index (χ2v) is 6.85. The van der Waals surface area contributed by atoms with Crippen molar-refractivity contribution in [3.8, 4) is 5.75 Å². The Labute approximate surface area is 130 Å². The molecule has 2 N–H and O–H groups in total. The topological polar surface area (TPSA) is 41.5 Å². The highest BCUT2D eigenvalue weighted by Gasteiger charge is 2.27. The van der Waals surface area contributed by atoms with Gasteiger partial charge in [-0.2, -0.15) is 11.8 Å². The Balaban J connectivity index is 1.70. The summed E-state index contributed by atoms with van der Waals surface area (Å²) in [4.78, 5) is 0. The van der Waals surface area contributed by atoms with Gasteiger partial charge in [-0.15, -0.1) is 0 Å². The molecule has 3 atom stereocenters. The molecule has 3 unspecified atom stereocenters. The number of ether oxygens (including phenoxy) is 1. The van der Waals surface area contributed by atoms with Crippen LogP contribution in [-0.2, 0) is 0 Å². The molecule has 3 nitrogen and oxygen atoms in total. The van der Waals surface area contributed by atoms with E-state index in [1.165, 1.54) is 25.3 Å². The predicted octanol–water partition coefficient (Wildman–Crippen LogP) is 2.83. The summed E-state index contributed by atoms with van der Waals surface area (Å²) in [5, 5.41) is 14.0. The first-order valence-electron chi connectivity index (χ1n) is 7.61. The number of aliphatic hydroxyl groups excluding tert-OH is 1. The molecule has 0 aromatic heterocycles. The average Bonchev–Trinajstić information content (AvgIpc) is 2.92. The third-order valence-corrected chi connectivity index (χ3v) is 5.04. The smallest absolute Gasteiger partial charge is 0.165 e. The standard InChI is InChI=1S/C16H24FNO2S/c1-2-21-16-9-5-7-14(16)18-10-12(19)11-20-15-8-4-3-6-13(15)17/h3-4,6,8,12,14,16,18-19H,2,5,7,9-11H2,1H3. The summed E-state index contributed by atoms with van der Waals surface area (Å²) in [6.45, 7) is 2.77. The summed E-state index contributed by atoms with van der Waals surface area (Å²) in [5.41, 5.74) is 0. The minimum absolute atomic E-state index is 0.103. The quantitative estimate of drug-likeness (QED) is 0.774. The van der Waals surface area contributed by atoms with E-state index in [-0.39, 0.29) is 12.4 Å². The highest BCUT2D eigenvalue weighted by atomic mass is 32.2. The molecule has 0 radical (unpaired) electrons. The molecule has 0 amide bonds. The number of nitrogens with one attached hydrogen (secondary N) is 1. The lowest BCUT2D eigenvalue weighted by Gasteiger charge is -2.22. The maximum Gasteiger partial charge on any atom is 0.165 e. The Morgan fingerprint density at radius 3 is 3.00 bits per heavy atom. The van der Waals surface area contributed by atoms with E-state index in [0.717, 1.165) is 5.75 Å². The van der Waals surface area contributed by atoms with Crippen LogP contribution in [0.2, 0.25) is 0 Å². The first-order valence-corrected chi connectivity index (χ1v) is 8.66. The second kappa shape index (κ2) is 8.61. The molecule has 1 fully saturated rings. The molecule has 118 valence electrons. The van der Waals surface area contributed by atoms with E-state index < -0.39 is 11.9 Å². The van der Waals surface area contributed by atoms with E-state index in [0.29, 0.717) is 17.8 Å². The molecule has 1 saturated carbocycles. The van der Waals surface area contributed by atoms with E-state index in [1.807, 2.05) is 11.8 Å². The van der Waals surface area contributed by atoms with E-state index in [2.05, 4.69) is 12.2 Å². The largest absolute Gasteiger partial charge is 0.488 e. The van der Waals surface area contributed by atoms with E-state index in [1.54, 1.807) is 18.2 Å². The minimum Gasteiger partial charge on any atom is -0.488 e. The number of thioether (sulfide) groups is 1. The van der Waals surface area contributed by atoms with Crippen LogP contribution < -0.4 is 10.1 Å². The summed E-state index contributed by atoms with van der Waals surface area (Å²) in [5.74, 6) is 0.923. The van der Waals surface area contributed by atoms with Crippen LogP contribution in [-0.4, -0.2) is 41.4 Å². The van der Waals surface area contributed by atoms with Gasteiger partial charge >= 0.3 is 0 Å². The van der Waals surface area contributed by atoms with Crippen molar-refractivity contribution in [3.05, 3.63) is 30.1 Å². The molecular formula is C16H24FNO2S. The van der Waals surface area contributed by atoms with Crippen LogP contribution in [0.5, 0.6) is 5.75 Å². The molecule has 0 spiro atoms. The Morgan fingerprint density at radius 1 is 1.43 bits per heavy atom. The fourth-order valence-electron chi connectivity index (χ4n) is 2.67. The first kappa shape index (κ1) is 16.6. The molecule has 5 heteroatoms. The van der Waals surface area contributed by atoms with Gasteiger partial charge < -0.3 is 15.2 Å². The lowest BCUT2D eigenvalue weighted by atomic mass is 10.2. The Bertz CT molecular complexity index is 432. The summed E-state index contributed by atoms with van der Waals surface area (Å²) < 4.78 is 18.7. The molecule has 1 aliphatic carbocycles. The third-order valence-electron chi connectivity index (χ3n) is 3.72. The van der Waals surface area contributed by atoms with Crippen molar-refractivity contribution in [3.63, 3.8) is 0 Å². The summed E-state index contributed by atoms with van der Waals surface area (Å²) >= 11 is 1.99. The van der Waals surface area contributed by atoms with Crippen LogP contribution in [0, 0.1) is 5.82 Å². The van der Waals surface area contributed by atoms with Crippen LogP contribution >= 0.6 is 11.8 Å². The van der Waals surface area contributed by atoms with Crippen molar-refractivity contribution in [2.24, 2.45) is 0 Å². The van der Waals surface area contributed by atoms with Crippen molar-refractivity contribution in [2.75, 3.05) is 18.9 Å². The molecule has 21 heavy (non-hydrogen) atoms. The van der Waals surface area contributed by atoms with Crippen molar-refractivity contribution in [1.29, 1.82) is 0 Å². The van der Waals surface area contributed by atoms with Crippen LogP contribution in [0.4, 0.5) is 4.39 Å². The van der Waals surface area contributed by atoms with Crippen molar-refractivity contribution >= 4 is 11.8 Å². The maximum absolute atomic E-state index is 13.4. The van der Waals surface area contributed by atoms with Crippen LogP contribution in [0.1, 0.15) is 26.2 Å². The third kappa shape index (κ3) is 5.16. The van der Waals surface area contributed by atoms with Crippen molar-refractivity contribution < 1.29 is 14.2 Å². The van der Waals surface area contributed by atoms with Gasteiger partial charge in [0.25, 0.3) is 0 Å². The zero-order chi connectivity index (χ0) is 15.1. The number of aliphatic hydroxyl groups is 1. The SMILES string of the molecule is CCSC1CCCC1NCC(O)COc1ccccc1F. The molecular weight excluding hydrogens is 289 g/mol. The summed E-state index contributed by atoms with van der Waals surface area (Å²) in [6, 6.07) is 6.73. The van der Waals surface area contributed by atoms with E-state index in [9.17, 15) is 9.50 Å². The number of halogens is 1. The monoisotopic (exact) mass is 313 g/mol. The van der Waals surface area contributed by atoms with Gasteiger partial charge in [-0.3, -0.25) is 0 Å². The predicted molar refractivity (Wildman–Crippen MR) is 85.5 cm³/mol. The average molecular weight is 313 g/mol. The van der Waals surface area contributed by atoms with Crippen LogP contribution in [0.25, 0.3) is 0 Å². The molecule has 1 aromatic carbocycles. The molecule has 2 rings (SSSR count). The Kier molecular flexibility index (Phi) is 6.80. The molecule has 0 bridgehead atoms. The first-order chi connectivity index (χ1) is 10.2. The summed E-state index contributed by atoms with van der Waals surface area (Å²) in [6.07, 6.45) is 3.03. The van der Waals surface area contributed by atoms with Gasteiger partial charge in [0.15, 0.2) is 11.6 Å². The second-order valence-electron chi connectivity index (χ2n) is 5.33. The molecule has 0 aliphatic heterocycles. The number of para-hydroxylation sites is 1. The minimum atomic E-state index is -0.627. The fourth-order valence-corrected chi connectivity index (χ4v) is 3.89. The Morgan fingerprint density at radius 2 is 2.24 bits per heavy atom. The molecule has 1 aromatic rings. The normalized spacial score (nSPS) is 23.2. The zero-order valence-corrected chi connectivity index (χ0v) is 13.2. The Hall–Kier alpha value is -0.780. The fraction of sp³-hybridized carbons (Fsp3) is 0.625. The maximum atomic E-state index is 13.4. The van der Waals surface area contributed by atoms with Gasteiger partial charge in [0.05, 0.1) is 0 Å². The van der Waals surface area contributed by atoms with Gasteiger partial charge in [-0.05, 0) is 30.7 Å². The van der Waals surface area contributed by atoms with Crippen LogP contribution in [0.3, 0.4) is 0 Å². The highest BCUT2D eigenvalue weighted by molar-refractivity contribution is 7.99. The zero-order valence-electron chi connectivity index (χ0n) is 12.4. The van der Waals surface area contributed by atoms with Gasteiger partial charge in [-0.25, -0.2) is 4.39 Å². The lowest BCUT2D eigenvalue weighted by molar-refractivity contribution is 0.102. The van der Waals surface area contributed by atoms with Crippen molar-refractivity contribution in [1.82, 2.24) is 5.32 Å². The van der Waals surface area contributed by atoms with Gasteiger partial charge in [-0.1, -0.05) is 25.5 Å².